The molecule has 1 fully saturated rings. The van der Waals surface area contributed by atoms with E-state index >= 15 is 0 Å². The van der Waals surface area contributed by atoms with Crippen molar-refractivity contribution in [2.75, 3.05) is 6.54 Å². The molecule has 0 unspecified atom stereocenters. The van der Waals surface area contributed by atoms with Crippen molar-refractivity contribution in [3.8, 4) is 5.75 Å². The van der Waals surface area contributed by atoms with Gasteiger partial charge in [0, 0.05) is 6.54 Å². The molecule has 0 aromatic heterocycles. The molecule has 108 valence electrons. The topological polar surface area (TPSA) is 69.6 Å². The van der Waals surface area contributed by atoms with E-state index < -0.39 is 17.6 Å². The molecule has 0 bridgehead atoms. The second kappa shape index (κ2) is 5.84. The minimum Gasteiger partial charge on any atom is -0.507 e. The molecular weight excluding hydrogens is 295 g/mol. The number of halogens is 1. The molecule has 2 N–H and O–H groups in total. The maximum atomic E-state index is 13.7. The molecule has 2 rings (SSSR count). The highest BCUT2D eigenvalue weighted by Gasteiger charge is 2.33. The summed E-state index contributed by atoms with van der Waals surface area (Å²) in [5.41, 5.74) is -0.548. The Balaban J connectivity index is 2.48. The first-order valence-electron chi connectivity index (χ1n) is 5.93. The quantitative estimate of drug-likeness (QED) is 0.383. The molecule has 2 amide bonds. The van der Waals surface area contributed by atoms with E-state index in [2.05, 4.69) is 11.9 Å². The van der Waals surface area contributed by atoms with Crippen LogP contribution in [0.4, 0.5) is 4.39 Å². The lowest BCUT2D eigenvalue weighted by Gasteiger charge is -2.27. The minimum atomic E-state index is -0.744. The lowest BCUT2D eigenvalue weighted by molar-refractivity contribution is -0.128. The van der Waals surface area contributed by atoms with Crippen LogP contribution in [-0.2, 0) is 9.59 Å². The number of phenolic OH excluding ortho intramolecular Hbond substituents is 1. The van der Waals surface area contributed by atoms with E-state index in [1.54, 1.807) is 0 Å². The van der Waals surface area contributed by atoms with Gasteiger partial charge in [0.2, 0.25) is 0 Å². The van der Waals surface area contributed by atoms with Crippen LogP contribution in [0.2, 0.25) is 0 Å². The largest absolute Gasteiger partial charge is 0.507 e. The molecule has 0 aliphatic carbocycles. The zero-order valence-electron chi connectivity index (χ0n) is 10.8. The molecule has 1 aliphatic heterocycles. The van der Waals surface area contributed by atoms with E-state index in [-0.39, 0.29) is 28.5 Å². The third kappa shape index (κ3) is 2.82. The van der Waals surface area contributed by atoms with Crippen LogP contribution in [-0.4, -0.2) is 33.5 Å². The molecule has 1 saturated heterocycles. The number of rotatable bonds is 3. The zero-order valence-corrected chi connectivity index (χ0v) is 11.6. The van der Waals surface area contributed by atoms with Crippen molar-refractivity contribution in [2.24, 2.45) is 0 Å². The number of carbonyl (C=O) groups excluding carboxylic acids is 2. The van der Waals surface area contributed by atoms with Crippen molar-refractivity contribution in [3.63, 3.8) is 0 Å². The third-order valence-electron chi connectivity index (χ3n) is 2.82. The number of carbonyl (C=O) groups is 2. The molecule has 0 atom stereocenters. The van der Waals surface area contributed by atoms with E-state index in [0.29, 0.717) is 0 Å². The summed E-state index contributed by atoms with van der Waals surface area (Å²) in [6.07, 6.45) is 2.44. The van der Waals surface area contributed by atoms with Gasteiger partial charge >= 0.3 is 0 Å². The van der Waals surface area contributed by atoms with Gasteiger partial charge in [0.15, 0.2) is 5.11 Å². The molecule has 5 nitrogen and oxygen atoms in total. The average Bonchev–Trinajstić information content (AvgIpc) is 2.42. The second-order valence-electron chi connectivity index (χ2n) is 4.19. The second-order valence-corrected chi connectivity index (χ2v) is 4.58. The summed E-state index contributed by atoms with van der Waals surface area (Å²) in [7, 11) is 0. The monoisotopic (exact) mass is 306 g/mol. The normalized spacial score (nSPS) is 17.1. The van der Waals surface area contributed by atoms with Crippen LogP contribution in [0.25, 0.3) is 6.08 Å². The number of hydrogen-bond donors (Lipinski definition) is 2. The summed E-state index contributed by atoms with van der Waals surface area (Å²) in [5.74, 6) is -2.53. The van der Waals surface area contributed by atoms with E-state index in [0.717, 1.165) is 17.0 Å². The van der Waals surface area contributed by atoms with Crippen LogP contribution in [0.3, 0.4) is 0 Å². The fourth-order valence-corrected chi connectivity index (χ4v) is 2.05. The summed E-state index contributed by atoms with van der Waals surface area (Å²) in [5, 5.41) is 11.9. The van der Waals surface area contributed by atoms with Gasteiger partial charge in [0.25, 0.3) is 11.8 Å². The molecule has 0 saturated carbocycles. The Hall–Kier alpha value is -2.54. The fourth-order valence-electron chi connectivity index (χ4n) is 1.80. The van der Waals surface area contributed by atoms with Crippen LogP contribution in [0, 0.1) is 5.82 Å². The molecule has 0 spiro atoms. The number of amides is 2. The standard InChI is InChI=1S/C14H11FN2O3S/c1-2-6-17-13(20)9(12(19)16-14(17)21)7-8-10(15)4-3-5-11(8)18/h2-5,7,18H,1,6H2,(H,16,19,21). The molecule has 1 aromatic carbocycles. The van der Waals surface area contributed by atoms with Gasteiger partial charge in [-0.3, -0.25) is 19.8 Å². The maximum absolute atomic E-state index is 13.7. The van der Waals surface area contributed by atoms with Gasteiger partial charge in [0.05, 0.1) is 5.56 Å². The summed E-state index contributed by atoms with van der Waals surface area (Å²) in [4.78, 5) is 25.2. The molecule has 1 heterocycles. The Morgan fingerprint density at radius 2 is 2.14 bits per heavy atom. The molecular formula is C14H11FN2O3S. The predicted octanol–water partition coefficient (Wildman–Crippen LogP) is 1.34. The number of thiocarbonyl (C=S) groups is 1. The smallest absolute Gasteiger partial charge is 0.265 e. The maximum Gasteiger partial charge on any atom is 0.265 e. The van der Waals surface area contributed by atoms with E-state index in [1.165, 1.54) is 18.2 Å². The first kappa shape index (κ1) is 14.9. The van der Waals surface area contributed by atoms with E-state index in [9.17, 15) is 19.1 Å². The number of aromatic hydroxyl groups is 1. The highest BCUT2D eigenvalue weighted by Crippen LogP contribution is 2.24. The van der Waals surface area contributed by atoms with Crippen molar-refractivity contribution in [1.29, 1.82) is 0 Å². The van der Waals surface area contributed by atoms with E-state index in [4.69, 9.17) is 12.2 Å². The van der Waals surface area contributed by atoms with Gasteiger partial charge in [-0.05, 0) is 30.4 Å². The zero-order chi connectivity index (χ0) is 15.6. The average molecular weight is 306 g/mol. The lowest BCUT2D eigenvalue weighted by Crippen LogP contribution is -2.53. The first-order valence-corrected chi connectivity index (χ1v) is 6.33. The number of hydrogen-bond acceptors (Lipinski definition) is 4. The van der Waals surface area contributed by atoms with Crippen molar-refractivity contribution >= 4 is 35.2 Å². The Morgan fingerprint density at radius 3 is 2.76 bits per heavy atom. The predicted molar refractivity (Wildman–Crippen MR) is 78.7 cm³/mol. The van der Waals surface area contributed by atoms with Crippen molar-refractivity contribution < 1.29 is 19.1 Å². The highest BCUT2D eigenvalue weighted by atomic mass is 32.1. The van der Waals surface area contributed by atoms with Gasteiger partial charge < -0.3 is 5.11 Å². The fraction of sp³-hybridized carbons (Fsp3) is 0.0714. The van der Waals surface area contributed by atoms with Crippen LogP contribution in [0.1, 0.15) is 5.56 Å². The Morgan fingerprint density at radius 1 is 1.43 bits per heavy atom. The van der Waals surface area contributed by atoms with Crippen molar-refractivity contribution in [2.45, 2.75) is 0 Å². The molecule has 1 aliphatic rings. The van der Waals surface area contributed by atoms with Gasteiger partial charge in [-0.25, -0.2) is 4.39 Å². The number of phenols is 1. The first-order chi connectivity index (χ1) is 9.95. The number of nitrogens with zero attached hydrogens (tertiary/aromatic N) is 1. The Labute approximate surface area is 125 Å². The Kier molecular flexibility index (Phi) is 4.13. The van der Waals surface area contributed by atoms with Crippen molar-refractivity contribution in [1.82, 2.24) is 10.2 Å². The molecule has 0 radical (unpaired) electrons. The highest BCUT2D eigenvalue weighted by molar-refractivity contribution is 7.80. The SMILES string of the molecule is C=CCN1C(=O)C(=Cc2c(O)cccc2F)C(=O)NC1=S. The van der Waals surface area contributed by atoms with Gasteiger partial charge in [-0.15, -0.1) is 6.58 Å². The molecule has 7 heteroatoms. The van der Waals surface area contributed by atoms with Gasteiger partial charge in [-0.2, -0.15) is 0 Å². The van der Waals surface area contributed by atoms with Crippen LogP contribution in [0.5, 0.6) is 5.75 Å². The summed E-state index contributed by atoms with van der Waals surface area (Å²) >= 11 is 4.89. The van der Waals surface area contributed by atoms with Crippen molar-refractivity contribution in [3.05, 3.63) is 47.8 Å². The van der Waals surface area contributed by atoms with Crippen LogP contribution < -0.4 is 5.32 Å². The summed E-state index contributed by atoms with van der Waals surface area (Å²) in [6, 6.07) is 3.69. The van der Waals surface area contributed by atoms with Gasteiger partial charge in [-0.1, -0.05) is 12.1 Å². The molecule has 1 aromatic rings. The number of nitrogens with one attached hydrogen (secondary N) is 1. The van der Waals surface area contributed by atoms with Crippen LogP contribution in [0.15, 0.2) is 36.4 Å². The summed E-state index contributed by atoms with van der Waals surface area (Å²) in [6.45, 7) is 3.60. The summed E-state index contributed by atoms with van der Waals surface area (Å²) < 4.78 is 13.7. The van der Waals surface area contributed by atoms with Crippen LogP contribution >= 0.6 is 12.2 Å². The third-order valence-corrected chi connectivity index (χ3v) is 3.14. The number of benzene rings is 1. The van der Waals surface area contributed by atoms with Gasteiger partial charge in [0.1, 0.15) is 17.1 Å². The minimum absolute atomic E-state index is 0.0418. The Bertz CT molecular complexity index is 665. The molecule has 21 heavy (non-hydrogen) atoms. The lowest BCUT2D eigenvalue weighted by atomic mass is 10.1. The van der Waals surface area contributed by atoms with E-state index in [1.807, 2.05) is 0 Å².